The second-order valence-electron chi connectivity index (χ2n) is 5.50. The van der Waals surface area contributed by atoms with Crippen LogP contribution in [-0.4, -0.2) is 41.8 Å². The van der Waals surface area contributed by atoms with Crippen molar-refractivity contribution in [2.24, 2.45) is 0 Å². The van der Waals surface area contributed by atoms with Gasteiger partial charge < -0.3 is 9.84 Å². The number of nitrogens with zero attached hydrogens (tertiary/aromatic N) is 1. The maximum atomic E-state index is 10.1. The van der Waals surface area contributed by atoms with Crippen LogP contribution in [0.25, 0.3) is 0 Å². The van der Waals surface area contributed by atoms with Gasteiger partial charge in [-0.3, -0.25) is 4.90 Å². The Balaban J connectivity index is 1.74. The Morgan fingerprint density at radius 2 is 2.00 bits per heavy atom. The fraction of sp³-hybridized carbons (Fsp3) is 0.625. The predicted octanol–water partition coefficient (Wildman–Crippen LogP) is 3.26. The lowest BCUT2D eigenvalue weighted by molar-refractivity contribution is -0.0161. The monoisotopic (exact) mass is 297 g/mol. The molecule has 3 nitrogen and oxygen atoms in total. The van der Waals surface area contributed by atoms with Crippen molar-refractivity contribution in [3.63, 3.8) is 0 Å². The van der Waals surface area contributed by atoms with E-state index in [0.717, 1.165) is 17.1 Å². The van der Waals surface area contributed by atoms with Crippen LogP contribution in [0.15, 0.2) is 24.3 Å². The van der Waals surface area contributed by atoms with Gasteiger partial charge in [0.15, 0.2) is 0 Å². The van der Waals surface area contributed by atoms with Crippen LogP contribution in [-0.2, 0) is 4.74 Å². The lowest BCUT2D eigenvalue weighted by Gasteiger charge is -2.24. The topological polar surface area (TPSA) is 32.7 Å². The number of aliphatic hydroxyl groups excluding tert-OH is 1. The third-order valence-electron chi connectivity index (χ3n) is 3.79. The van der Waals surface area contributed by atoms with E-state index in [1.165, 1.54) is 12.8 Å². The minimum Gasteiger partial charge on any atom is -0.389 e. The molecule has 0 saturated heterocycles. The average molecular weight is 298 g/mol. The Bertz CT molecular complexity index is 405. The summed E-state index contributed by atoms with van der Waals surface area (Å²) < 4.78 is 5.76. The molecule has 1 aliphatic rings. The van der Waals surface area contributed by atoms with Gasteiger partial charge in [0.1, 0.15) is 0 Å². The van der Waals surface area contributed by atoms with E-state index in [-0.39, 0.29) is 6.10 Å². The summed E-state index contributed by atoms with van der Waals surface area (Å²) in [5.74, 6) is 0. The number of ether oxygens (including phenoxy) is 1. The number of benzene rings is 1. The summed E-state index contributed by atoms with van der Waals surface area (Å²) in [4.78, 5) is 2.33. The molecule has 2 atom stereocenters. The number of hydrogen-bond acceptors (Lipinski definition) is 3. The average Bonchev–Trinajstić information content (AvgIpc) is 3.27. The van der Waals surface area contributed by atoms with E-state index in [0.29, 0.717) is 19.2 Å². The standard InChI is InChI=1S/C16H24ClNO2/c1-3-18(15-8-9-15)10-16(19)11-20-12(2)13-4-6-14(17)7-5-13/h4-7,12,15-16,19H,3,8-11H2,1-2H3. The van der Waals surface area contributed by atoms with Crippen molar-refractivity contribution < 1.29 is 9.84 Å². The fourth-order valence-corrected chi connectivity index (χ4v) is 2.51. The van der Waals surface area contributed by atoms with Crippen molar-refractivity contribution in [2.45, 2.75) is 44.9 Å². The van der Waals surface area contributed by atoms with Crippen LogP contribution in [0, 0.1) is 0 Å². The van der Waals surface area contributed by atoms with Crippen LogP contribution >= 0.6 is 11.6 Å². The van der Waals surface area contributed by atoms with Crippen LogP contribution in [0.5, 0.6) is 0 Å². The first-order chi connectivity index (χ1) is 9.60. The van der Waals surface area contributed by atoms with Gasteiger partial charge in [0.2, 0.25) is 0 Å². The molecule has 1 saturated carbocycles. The summed E-state index contributed by atoms with van der Waals surface area (Å²) in [6, 6.07) is 8.32. The smallest absolute Gasteiger partial charge is 0.0900 e. The van der Waals surface area contributed by atoms with Crippen molar-refractivity contribution in [1.29, 1.82) is 0 Å². The Hall–Kier alpha value is -0.610. The summed E-state index contributed by atoms with van der Waals surface area (Å²) in [5.41, 5.74) is 1.08. The molecular formula is C16H24ClNO2. The van der Waals surface area contributed by atoms with E-state index < -0.39 is 6.10 Å². The molecule has 1 aromatic rings. The maximum absolute atomic E-state index is 10.1. The molecule has 1 N–H and O–H groups in total. The van der Waals surface area contributed by atoms with Crippen molar-refractivity contribution in [1.82, 2.24) is 4.90 Å². The zero-order valence-corrected chi connectivity index (χ0v) is 13.0. The van der Waals surface area contributed by atoms with Gasteiger partial charge in [-0.15, -0.1) is 0 Å². The molecule has 0 heterocycles. The van der Waals surface area contributed by atoms with Crippen molar-refractivity contribution in [3.8, 4) is 0 Å². The van der Waals surface area contributed by atoms with Crippen LogP contribution in [0.1, 0.15) is 38.4 Å². The molecular weight excluding hydrogens is 274 g/mol. The maximum Gasteiger partial charge on any atom is 0.0900 e. The highest BCUT2D eigenvalue weighted by atomic mass is 35.5. The van der Waals surface area contributed by atoms with Gasteiger partial charge in [-0.2, -0.15) is 0 Å². The number of rotatable bonds is 8. The Morgan fingerprint density at radius 3 is 2.55 bits per heavy atom. The molecule has 20 heavy (non-hydrogen) atoms. The molecule has 2 rings (SSSR count). The third kappa shape index (κ3) is 4.74. The quantitative estimate of drug-likeness (QED) is 0.799. The first kappa shape index (κ1) is 15.8. The lowest BCUT2D eigenvalue weighted by Crippen LogP contribution is -2.36. The van der Waals surface area contributed by atoms with E-state index in [1.807, 2.05) is 31.2 Å². The SMILES string of the molecule is CCN(CC(O)COC(C)c1ccc(Cl)cc1)C1CC1. The summed E-state index contributed by atoms with van der Waals surface area (Å²) in [7, 11) is 0. The van der Waals surface area contributed by atoms with Crippen molar-refractivity contribution >= 4 is 11.6 Å². The van der Waals surface area contributed by atoms with Crippen molar-refractivity contribution in [3.05, 3.63) is 34.9 Å². The zero-order valence-electron chi connectivity index (χ0n) is 12.3. The van der Waals surface area contributed by atoms with E-state index >= 15 is 0 Å². The van der Waals surface area contributed by atoms with Crippen LogP contribution in [0.2, 0.25) is 5.02 Å². The molecule has 0 aliphatic heterocycles. The third-order valence-corrected chi connectivity index (χ3v) is 4.04. The molecule has 0 radical (unpaired) electrons. The summed E-state index contributed by atoms with van der Waals surface area (Å²) in [6.07, 6.45) is 2.08. The van der Waals surface area contributed by atoms with Gasteiger partial charge in [-0.05, 0) is 44.0 Å². The van der Waals surface area contributed by atoms with Gasteiger partial charge >= 0.3 is 0 Å². The minimum atomic E-state index is -0.426. The summed E-state index contributed by atoms with van der Waals surface area (Å²) >= 11 is 5.87. The van der Waals surface area contributed by atoms with E-state index in [1.54, 1.807) is 0 Å². The molecule has 4 heteroatoms. The lowest BCUT2D eigenvalue weighted by atomic mass is 10.1. The highest BCUT2D eigenvalue weighted by Crippen LogP contribution is 2.26. The molecule has 1 aliphatic carbocycles. The molecule has 0 bridgehead atoms. The van der Waals surface area contributed by atoms with Crippen LogP contribution in [0.4, 0.5) is 0 Å². The van der Waals surface area contributed by atoms with Gasteiger partial charge in [0.05, 0.1) is 18.8 Å². The Labute approximate surface area is 126 Å². The second kappa shape index (κ2) is 7.41. The van der Waals surface area contributed by atoms with Gasteiger partial charge in [-0.25, -0.2) is 0 Å². The van der Waals surface area contributed by atoms with Crippen LogP contribution < -0.4 is 0 Å². The minimum absolute atomic E-state index is 0.0297. The Morgan fingerprint density at radius 1 is 1.35 bits per heavy atom. The molecule has 0 aromatic heterocycles. The number of halogens is 1. The highest BCUT2D eigenvalue weighted by molar-refractivity contribution is 6.30. The molecule has 1 aromatic carbocycles. The Kier molecular flexibility index (Phi) is 5.85. The van der Waals surface area contributed by atoms with Gasteiger partial charge in [-0.1, -0.05) is 30.7 Å². The molecule has 1 fully saturated rings. The normalized spacial score (nSPS) is 18.2. The number of likely N-dealkylation sites (N-methyl/N-ethyl adjacent to an activating group) is 1. The summed E-state index contributed by atoms with van der Waals surface area (Å²) in [6.45, 7) is 6.20. The second-order valence-corrected chi connectivity index (χ2v) is 5.94. The van der Waals surface area contributed by atoms with E-state index in [9.17, 15) is 5.11 Å². The summed E-state index contributed by atoms with van der Waals surface area (Å²) in [5, 5.41) is 10.8. The molecule has 0 amide bonds. The largest absolute Gasteiger partial charge is 0.389 e. The van der Waals surface area contributed by atoms with Gasteiger partial charge in [0, 0.05) is 17.6 Å². The van der Waals surface area contributed by atoms with E-state index in [4.69, 9.17) is 16.3 Å². The predicted molar refractivity (Wildman–Crippen MR) is 82.1 cm³/mol. The number of hydrogen-bond donors (Lipinski definition) is 1. The molecule has 2 unspecified atom stereocenters. The fourth-order valence-electron chi connectivity index (χ4n) is 2.38. The molecule has 0 spiro atoms. The first-order valence-corrected chi connectivity index (χ1v) is 7.77. The first-order valence-electron chi connectivity index (χ1n) is 7.39. The zero-order chi connectivity index (χ0) is 14.5. The van der Waals surface area contributed by atoms with E-state index in [2.05, 4.69) is 11.8 Å². The molecule has 112 valence electrons. The highest BCUT2D eigenvalue weighted by Gasteiger charge is 2.29. The number of aliphatic hydroxyl groups is 1. The van der Waals surface area contributed by atoms with Crippen molar-refractivity contribution in [2.75, 3.05) is 19.7 Å². The van der Waals surface area contributed by atoms with Crippen LogP contribution in [0.3, 0.4) is 0 Å². The van der Waals surface area contributed by atoms with Gasteiger partial charge in [0.25, 0.3) is 0 Å².